The van der Waals surface area contributed by atoms with E-state index in [-0.39, 0.29) is 30.3 Å². The van der Waals surface area contributed by atoms with Gasteiger partial charge in [0.15, 0.2) is 5.78 Å². The highest BCUT2D eigenvalue weighted by Crippen LogP contribution is 2.23. The second-order valence-corrected chi connectivity index (χ2v) is 13.1. The van der Waals surface area contributed by atoms with Crippen LogP contribution in [0.15, 0.2) is 91.0 Å². The number of benzene rings is 3. The number of amides is 2. The predicted octanol–water partition coefficient (Wildman–Crippen LogP) is 5.64. The maximum atomic E-state index is 13.8. The first-order valence-corrected chi connectivity index (χ1v) is 15.9. The van der Waals surface area contributed by atoms with Gasteiger partial charge in [0.2, 0.25) is 5.91 Å². The maximum absolute atomic E-state index is 13.8. The van der Waals surface area contributed by atoms with Gasteiger partial charge < -0.3 is 20.5 Å². The molecule has 2 amide bonds. The first-order chi connectivity index (χ1) is 21.8. The first-order valence-electron chi connectivity index (χ1n) is 15.9. The molecule has 0 bridgehead atoms. The fraction of sp³-hybridized carbons (Fsp3) is 0.421. The fourth-order valence-corrected chi connectivity index (χ4v) is 5.31. The number of carbonyl (C=O) groups excluding carboxylic acids is 4. The zero-order valence-electron chi connectivity index (χ0n) is 27.6. The van der Waals surface area contributed by atoms with E-state index in [1.807, 2.05) is 91.0 Å². The molecular formula is C38H48N2O6. The van der Waals surface area contributed by atoms with Crippen LogP contribution < -0.4 is 10.6 Å². The molecule has 3 aromatic carbocycles. The Kier molecular flexibility index (Phi) is 13.7. The number of aliphatic hydroxyl groups is 1. The van der Waals surface area contributed by atoms with Crippen molar-refractivity contribution in [2.45, 2.75) is 90.5 Å². The van der Waals surface area contributed by atoms with Gasteiger partial charge in [0.1, 0.15) is 11.4 Å². The summed E-state index contributed by atoms with van der Waals surface area (Å²) < 4.78 is 5.47. The van der Waals surface area contributed by atoms with Gasteiger partial charge in [-0.15, -0.1) is 0 Å². The highest BCUT2D eigenvalue weighted by atomic mass is 16.6. The lowest BCUT2D eigenvalue weighted by Gasteiger charge is -2.29. The van der Waals surface area contributed by atoms with Crippen molar-refractivity contribution in [3.8, 4) is 0 Å². The minimum Gasteiger partial charge on any atom is -0.444 e. The van der Waals surface area contributed by atoms with Gasteiger partial charge in [-0.05, 0) is 70.1 Å². The maximum Gasteiger partial charge on any atom is 0.407 e. The Balaban J connectivity index is 1.76. The van der Waals surface area contributed by atoms with Crippen molar-refractivity contribution in [3.05, 3.63) is 108 Å². The molecule has 46 heavy (non-hydrogen) atoms. The molecule has 3 rings (SSSR count). The number of ether oxygens (including phenoxy) is 1. The van der Waals surface area contributed by atoms with Crippen LogP contribution in [0.4, 0.5) is 4.79 Å². The van der Waals surface area contributed by atoms with E-state index < -0.39 is 41.7 Å². The standard InChI is InChI=1S/C38H48N2O6/c1-26(36(44)39-32(27(2)41)23-29-17-11-7-12-18-29)21-34(42)31(22-28-15-9-6-10-16-28)25-35(43)33(24-30-19-13-8-14-20-30)40-37(45)46-38(3,4)5/h6-20,26,31-33,35,43H,21-25H2,1-5H3,(H,39,44)(H,40,45)/t26-,31-,32+,33+,35?/m1/s1. The number of aliphatic hydroxyl groups excluding tert-OH is 1. The van der Waals surface area contributed by atoms with Gasteiger partial charge in [0, 0.05) is 18.3 Å². The Labute approximate surface area is 272 Å². The summed E-state index contributed by atoms with van der Waals surface area (Å²) in [4.78, 5) is 52.2. The molecule has 0 aliphatic rings. The number of hydrogen-bond donors (Lipinski definition) is 3. The SMILES string of the molecule is CC(=O)[C@H](Cc1ccccc1)NC(=O)[C@H](C)CC(=O)[C@H](Cc1ccccc1)CC(O)[C@H](Cc1ccccc1)NC(=O)OC(C)(C)C. The third-order valence-corrected chi connectivity index (χ3v) is 7.82. The lowest BCUT2D eigenvalue weighted by molar-refractivity contribution is -0.132. The highest BCUT2D eigenvalue weighted by molar-refractivity contribution is 5.91. The van der Waals surface area contributed by atoms with Crippen LogP contribution in [0.25, 0.3) is 0 Å². The molecule has 0 fully saturated rings. The number of alkyl carbamates (subject to hydrolysis) is 1. The van der Waals surface area contributed by atoms with Crippen LogP contribution in [0.1, 0.15) is 64.2 Å². The van der Waals surface area contributed by atoms with Gasteiger partial charge in [0.25, 0.3) is 0 Å². The van der Waals surface area contributed by atoms with Crippen LogP contribution >= 0.6 is 0 Å². The summed E-state index contributed by atoms with van der Waals surface area (Å²) in [5.41, 5.74) is 2.03. The average Bonchev–Trinajstić information content (AvgIpc) is 3.00. The van der Waals surface area contributed by atoms with Crippen molar-refractivity contribution in [1.29, 1.82) is 0 Å². The van der Waals surface area contributed by atoms with E-state index in [9.17, 15) is 24.3 Å². The third kappa shape index (κ3) is 12.6. The second-order valence-electron chi connectivity index (χ2n) is 13.1. The van der Waals surface area contributed by atoms with Crippen LogP contribution in [-0.4, -0.2) is 52.5 Å². The number of nitrogens with one attached hydrogen (secondary N) is 2. The second kappa shape index (κ2) is 17.4. The number of hydrogen-bond acceptors (Lipinski definition) is 6. The van der Waals surface area contributed by atoms with E-state index in [1.165, 1.54) is 6.92 Å². The molecule has 0 saturated carbocycles. The molecule has 1 unspecified atom stereocenters. The largest absolute Gasteiger partial charge is 0.444 e. The van der Waals surface area contributed by atoms with Crippen molar-refractivity contribution in [2.24, 2.45) is 11.8 Å². The summed E-state index contributed by atoms with van der Waals surface area (Å²) in [6.45, 7) is 8.41. The van der Waals surface area contributed by atoms with E-state index in [0.29, 0.717) is 19.3 Å². The van der Waals surface area contributed by atoms with Crippen molar-refractivity contribution in [1.82, 2.24) is 10.6 Å². The summed E-state index contributed by atoms with van der Waals surface area (Å²) in [5.74, 6) is -2.04. The lowest BCUT2D eigenvalue weighted by Crippen LogP contribution is -2.48. The molecule has 8 heteroatoms. The Morgan fingerprint density at radius 2 is 1.22 bits per heavy atom. The molecule has 0 spiro atoms. The Morgan fingerprint density at radius 1 is 0.739 bits per heavy atom. The number of carbonyl (C=O) groups is 4. The van der Waals surface area contributed by atoms with Crippen LogP contribution in [0, 0.1) is 11.8 Å². The Bertz CT molecular complexity index is 1410. The normalized spacial score (nSPS) is 14.7. The van der Waals surface area contributed by atoms with Crippen LogP contribution in [0.3, 0.4) is 0 Å². The summed E-state index contributed by atoms with van der Waals surface area (Å²) in [5, 5.41) is 17.2. The van der Waals surface area contributed by atoms with Crippen molar-refractivity contribution >= 4 is 23.6 Å². The molecule has 0 aliphatic heterocycles. The van der Waals surface area contributed by atoms with E-state index in [1.54, 1.807) is 27.7 Å². The van der Waals surface area contributed by atoms with E-state index in [2.05, 4.69) is 10.6 Å². The number of Topliss-reactive ketones (excluding diaryl/α,β-unsaturated/α-hetero) is 2. The molecule has 3 aromatic rings. The van der Waals surface area contributed by atoms with Crippen molar-refractivity contribution in [2.75, 3.05) is 0 Å². The average molecular weight is 629 g/mol. The van der Waals surface area contributed by atoms with Crippen LogP contribution in [-0.2, 0) is 38.4 Å². The molecule has 0 radical (unpaired) electrons. The molecular weight excluding hydrogens is 580 g/mol. The topological polar surface area (TPSA) is 122 Å². The van der Waals surface area contributed by atoms with Crippen LogP contribution in [0.2, 0.25) is 0 Å². The van der Waals surface area contributed by atoms with Gasteiger partial charge >= 0.3 is 6.09 Å². The first kappa shape index (κ1) is 36.2. The summed E-state index contributed by atoms with van der Waals surface area (Å²) in [6.07, 6.45) is -0.672. The summed E-state index contributed by atoms with van der Waals surface area (Å²) in [7, 11) is 0. The van der Waals surface area contributed by atoms with E-state index in [4.69, 9.17) is 4.74 Å². The van der Waals surface area contributed by atoms with E-state index in [0.717, 1.165) is 16.7 Å². The zero-order chi connectivity index (χ0) is 33.7. The molecule has 0 aliphatic carbocycles. The zero-order valence-corrected chi connectivity index (χ0v) is 27.6. The predicted molar refractivity (Wildman–Crippen MR) is 179 cm³/mol. The molecule has 0 saturated heterocycles. The van der Waals surface area contributed by atoms with Gasteiger partial charge in [0.05, 0.1) is 18.2 Å². The molecule has 8 nitrogen and oxygen atoms in total. The monoisotopic (exact) mass is 628 g/mol. The number of ketones is 2. The lowest BCUT2D eigenvalue weighted by atomic mass is 9.84. The summed E-state index contributed by atoms with van der Waals surface area (Å²) >= 11 is 0. The van der Waals surface area contributed by atoms with E-state index >= 15 is 0 Å². The Morgan fingerprint density at radius 3 is 1.70 bits per heavy atom. The molecule has 0 aromatic heterocycles. The summed E-state index contributed by atoms with van der Waals surface area (Å²) in [6, 6.07) is 27.0. The Hall–Kier alpha value is -4.30. The van der Waals surface area contributed by atoms with Gasteiger partial charge in [-0.2, -0.15) is 0 Å². The highest BCUT2D eigenvalue weighted by Gasteiger charge is 2.32. The molecule has 246 valence electrons. The molecule has 0 heterocycles. The number of rotatable bonds is 16. The minimum atomic E-state index is -1.08. The molecule has 3 N–H and O–H groups in total. The van der Waals surface area contributed by atoms with Crippen LogP contribution in [0.5, 0.6) is 0 Å². The van der Waals surface area contributed by atoms with Crippen molar-refractivity contribution in [3.63, 3.8) is 0 Å². The third-order valence-electron chi connectivity index (χ3n) is 7.82. The molecule has 5 atom stereocenters. The van der Waals surface area contributed by atoms with Gasteiger partial charge in [-0.25, -0.2) is 4.79 Å². The quantitative estimate of drug-likeness (QED) is 0.189. The van der Waals surface area contributed by atoms with Gasteiger partial charge in [-0.1, -0.05) is 97.9 Å². The minimum absolute atomic E-state index is 0.0607. The van der Waals surface area contributed by atoms with Crippen molar-refractivity contribution < 1.29 is 29.0 Å². The van der Waals surface area contributed by atoms with Gasteiger partial charge in [-0.3, -0.25) is 14.4 Å². The smallest absolute Gasteiger partial charge is 0.407 e. The fourth-order valence-electron chi connectivity index (χ4n) is 5.31.